The molecule has 1 aliphatic heterocycles. The molecule has 194 valence electrons. The molecule has 1 saturated heterocycles. The lowest BCUT2D eigenvalue weighted by atomic mass is 10.1. The van der Waals surface area contributed by atoms with Crippen LogP contribution in [0.25, 0.3) is 22.0 Å². The largest absolute Gasteiger partial charge is 0.463 e. The number of benzene rings is 1. The lowest BCUT2D eigenvalue weighted by molar-refractivity contribution is 0.0500. The van der Waals surface area contributed by atoms with Crippen molar-refractivity contribution in [3.8, 4) is 0 Å². The first-order valence-electron chi connectivity index (χ1n) is 12.1. The Morgan fingerprint density at radius 3 is 2.78 bits per heavy atom. The molecular weight excluding hydrogens is 478 g/mol. The van der Waals surface area contributed by atoms with Crippen LogP contribution in [0.3, 0.4) is 0 Å². The molecule has 3 N–H and O–H groups in total. The molecular formula is C25H29N7O5. The Balaban J connectivity index is 1.36. The number of carboxylic acid groups (broad SMARTS) is 1. The average molecular weight is 508 g/mol. The number of carbonyl (C=O) groups is 2. The molecule has 1 aliphatic rings. The highest BCUT2D eigenvalue weighted by Gasteiger charge is 2.25. The van der Waals surface area contributed by atoms with E-state index in [4.69, 9.17) is 14.1 Å². The molecule has 37 heavy (non-hydrogen) atoms. The quantitative estimate of drug-likeness (QED) is 0.354. The summed E-state index contributed by atoms with van der Waals surface area (Å²) in [5, 5.41) is 20.2. The molecule has 1 aromatic carbocycles. The Morgan fingerprint density at radius 1 is 1.16 bits per heavy atom. The van der Waals surface area contributed by atoms with Gasteiger partial charge in [-0.15, -0.1) is 0 Å². The van der Waals surface area contributed by atoms with E-state index < -0.39 is 17.8 Å². The fourth-order valence-corrected chi connectivity index (χ4v) is 4.42. The molecule has 1 amide bonds. The van der Waals surface area contributed by atoms with Crippen molar-refractivity contribution in [2.45, 2.75) is 51.7 Å². The second kappa shape index (κ2) is 9.60. The van der Waals surface area contributed by atoms with Gasteiger partial charge in [0, 0.05) is 36.3 Å². The monoisotopic (exact) mass is 507 g/mol. The number of anilines is 3. The molecule has 0 saturated carbocycles. The number of hydrogen-bond donors (Lipinski definition) is 3. The Hall–Kier alpha value is -4.35. The third kappa shape index (κ3) is 5.42. The number of ether oxygens (including phenoxy) is 1. The van der Waals surface area contributed by atoms with Crippen molar-refractivity contribution in [1.82, 2.24) is 25.1 Å². The second-order valence-corrected chi connectivity index (χ2v) is 10.0. The number of nitrogens with one attached hydrogen (secondary N) is 2. The first-order valence-corrected chi connectivity index (χ1v) is 12.1. The van der Waals surface area contributed by atoms with Gasteiger partial charge < -0.3 is 29.8 Å². The van der Waals surface area contributed by atoms with Gasteiger partial charge in [0.2, 0.25) is 5.95 Å². The van der Waals surface area contributed by atoms with E-state index in [1.54, 1.807) is 24.5 Å². The number of rotatable bonds is 4. The molecule has 12 nitrogen and oxygen atoms in total. The van der Waals surface area contributed by atoms with Gasteiger partial charge in [-0.25, -0.2) is 14.6 Å². The molecule has 12 heteroatoms. The SMILES string of the molecule is CC(C)(C)OC(=O)NC1CCCN(c2nc(Nc3ccc4cnn(C(=O)O)c4c3)nc3ccoc23)CC1. The Kier molecular flexibility index (Phi) is 6.32. The zero-order valence-corrected chi connectivity index (χ0v) is 20.9. The van der Waals surface area contributed by atoms with E-state index in [0.29, 0.717) is 46.0 Å². The first kappa shape index (κ1) is 24.3. The Bertz CT molecular complexity index is 1450. The maximum Gasteiger partial charge on any atom is 0.432 e. The molecule has 4 heterocycles. The first-order chi connectivity index (χ1) is 17.7. The number of hydrogen-bond acceptors (Lipinski definition) is 9. The summed E-state index contributed by atoms with van der Waals surface area (Å²) in [7, 11) is 0. The fourth-order valence-electron chi connectivity index (χ4n) is 4.42. The van der Waals surface area contributed by atoms with Gasteiger partial charge in [-0.2, -0.15) is 14.8 Å². The number of aromatic nitrogens is 4. The molecule has 0 bridgehead atoms. The van der Waals surface area contributed by atoms with Crippen LogP contribution in [0.15, 0.2) is 41.1 Å². The van der Waals surface area contributed by atoms with Crippen LogP contribution in [0, 0.1) is 0 Å². The third-order valence-electron chi connectivity index (χ3n) is 6.04. The normalized spacial score (nSPS) is 16.5. The number of alkyl carbamates (subject to hydrolysis) is 1. The van der Waals surface area contributed by atoms with Crippen LogP contribution in [0.2, 0.25) is 0 Å². The summed E-state index contributed by atoms with van der Waals surface area (Å²) in [6.07, 6.45) is 3.92. The Labute approximate surface area is 212 Å². The Morgan fingerprint density at radius 2 is 2.00 bits per heavy atom. The summed E-state index contributed by atoms with van der Waals surface area (Å²) in [5.41, 5.74) is 1.77. The average Bonchev–Trinajstić information content (AvgIpc) is 3.39. The molecule has 0 aliphatic carbocycles. The van der Waals surface area contributed by atoms with Crippen LogP contribution in [0.4, 0.5) is 27.0 Å². The minimum absolute atomic E-state index is 0.00260. The van der Waals surface area contributed by atoms with Gasteiger partial charge in [0.25, 0.3) is 0 Å². The minimum Gasteiger partial charge on any atom is -0.463 e. The highest BCUT2D eigenvalue weighted by Crippen LogP contribution is 2.30. The van der Waals surface area contributed by atoms with Crippen molar-refractivity contribution in [3.63, 3.8) is 0 Å². The smallest absolute Gasteiger partial charge is 0.432 e. The van der Waals surface area contributed by atoms with Crippen LogP contribution in [-0.4, -0.2) is 61.8 Å². The van der Waals surface area contributed by atoms with Crippen LogP contribution in [0.5, 0.6) is 0 Å². The second-order valence-electron chi connectivity index (χ2n) is 10.0. The van der Waals surface area contributed by atoms with Crippen LogP contribution < -0.4 is 15.5 Å². The summed E-state index contributed by atoms with van der Waals surface area (Å²) in [4.78, 5) is 35.2. The lowest BCUT2D eigenvalue weighted by Crippen LogP contribution is -2.39. The van der Waals surface area contributed by atoms with Crippen molar-refractivity contribution in [2.75, 3.05) is 23.3 Å². The predicted molar refractivity (Wildman–Crippen MR) is 137 cm³/mol. The third-order valence-corrected chi connectivity index (χ3v) is 6.04. The maximum atomic E-state index is 12.2. The summed E-state index contributed by atoms with van der Waals surface area (Å²) in [5.74, 6) is 1.02. The number of fused-ring (bicyclic) bond motifs is 2. The van der Waals surface area contributed by atoms with E-state index in [-0.39, 0.29) is 6.04 Å². The summed E-state index contributed by atoms with van der Waals surface area (Å²) in [6.45, 7) is 6.93. The number of carbonyl (C=O) groups excluding carboxylic acids is 1. The molecule has 5 rings (SSSR count). The predicted octanol–water partition coefficient (Wildman–Crippen LogP) is 4.73. The van der Waals surface area contributed by atoms with E-state index in [1.165, 1.54) is 6.20 Å². The fraction of sp³-hybridized carbons (Fsp3) is 0.400. The maximum absolute atomic E-state index is 12.2. The van der Waals surface area contributed by atoms with Gasteiger partial charge in [-0.3, -0.25) is 0 Å². The van der Waals surface area contributed by atoms with E-state index in [1.807, 2.05) is 26.8 Å². The van der Waals surface area contributed by atoms with Crippen molar-refractivity contribution in [2.24, 2.45) is 0 Å². The van der Waals surface area contributed by atoms with Crippen molar-refractivity contribution in [3.05, 3.63) is 36.7 Å². The number of amides is 1. The van der Waals surface area contributed by atoms with Crippen molar-refractivity contribution < 1.29 is 23.8 Å². The van der Waals surface area contributed by atoms with E-state index in [2.05, 4.69) is 25.6 Å². The topological polar surface area (TPSA) is 148 Å². The summed E-state index contributed by atoms with van der Waals surface area (Å²) < 4.78 is 12.1. The van der Waals surface area contributed by atoms with E-state index in [0.717, 1.165) is 30.5 Å². The summed E-state index contributed by atoms with van der Waals surface area (Å²) >= 11 is 0. The van der Waals surface area contributed by atoms with Crippen molar-refractivity contribution >= 4 is 51.6 Å². The van der Waals surface area contributed by atoms with Gasteiger partial charge in [0.15, 0.2) is 11.4 Å². The van der Waals surface area contributed by atoms with Gasteiger partial charge in [0.05, 0.1) is 18.0 Å². The highest BCUT2D eigenvalue weighted by atomic mass is 16.6. The zero-order chi connectivity index (χ0) is 26.2. The number of nitrogens with zero attached hydrogens (tertiary/aromatic N) is 5. The van der Waals surface area contributed by atoms with Gasteiger partial charge in [0.1, 0.15) is 11.1 Å². The van der Waals surface area contributed by atoms with E-state index in [9.17, 15) is 14.7 Å². The van der Waals surface area contributed by atoms with Gasteiger partial charge in [-0.05, 0) is 58.2 Å². The number of furan rings is 1. The summed E-state index contributed by atoms with van der Waals surface area (Å²) in [6, 6.07) is 7.07. The van der Waals surface area contributed by atoms with Crippen LogP contribution in [-0.2, 0) is 4.74 Å². The minimum atomic E-state index is -1.16. The molecule has 0 radical (unpaired) electrons. The van der Waals surface area contributed by atoms with Crippen LogP contribution >= 0.6 is 0 Å². The van der Waals surface area contributed by atoms with Crippen molar-refractivity contribution in [1.29, 1.82) is 0 Å². The molecule has 4 aromatic rings. The highest BCUT2D eigenvalue weighted by molar-refractivity contribution is 5.90. The molecule has 1 atom stereocenters. The lowest BCUT2D eigenvalue weighted by Gasteiger charge is -2.24. The van der Waals surface area contributed by atoms with E-state index >= 15 is 0 Å². The van der Waals surface area contributed by atoms with Crippen LogP contribution in [0.1, 0.15) is 40.0 Å². The zero-order valence-electron chi connectivity index (χ0n) is 20.9. The molecule has 1 fully saturated rings. The molecule has 0 spiro atoms. The molecule has 1 unspecified atom stereocenters. The standard InChI is InChI=1S/C25H29N7O5/c1-25(2,3)37-23(33)28-16-5-4-10-31(11-8-16)21-20-18(9-12-36-20)29-22(30-21)27-17-7-6-15-14-26-32(24(34)35)19(15)13-17/h6-7,9,12-14,16H,4-5,8,10-11H2,1-3H3,(H,28,33)(H,34,35)(H,27,29,30). The van der Waals surface area contributed by atoms with Gasteiger partial charge in [-0.1, -0.05) is 0 Å². The molecule has 3 aromatic heterocycles. The van der Waals surface area contributed by atoms with Gasteiger partial charge >= 0.3 is 12.2 Å².